The van der Waals surface area contributed by atoms with E-state index < -0.39 is 15.9 Å². The van der Waals surface area contributed by atoms with Gasteiger partial charge in [-0.05, 0) is 0 Å². The fraction of sp³-hybridized carbons (Fsp3) is 1.00. The molecule has 0 unspecified atom stereocenters. The van der Waals surface area contributed by atoms with Crippen LogP contribution in [-0.4, -0.2) is 49.8 Å². The van der Waals surface area contributed by atoms with E-state index in [1.807, 2.05) is 0 Å². The Morgan fingerprint density at radius 2 is 1.00 bits per heavy atom. The normalized spacial score (nSPS) is 11.5. The first-order valence-electron chi connectivity index (χ1n) is 4.73. The molecular weight excluding hydrogens is 197 g/mol. The summed E-state index contributed by atoms with van der Waals surface area (Å²) in [6.07, 6.45) is 0. The fourth-order valence-electron chi connectivity index (χ4n) is 1.13. The minimum absolute atomic E-state index is 0.521. The first-order chi connectivity index (χ1) is 5.28. The zero-order chi connectivity index (χ0) is 8.69. The summed E-state index contributed by atoms with van der Waals surface area (Å²) in [6, 6.07) is 0. The maximum absolute atomic E-state index is 2.62. The van der Waals surface area contributed by atoms with Crippen LogP contribution in [0.1, 0.15) is 27.7 Å². The van der Waals surface area contributed by atoms with Crippen LogP contribution in [-0.2, 0) is 0 Å². The van der Waals surface area contributed by atoms with Crippen LogP contribution in [0.5, 0.6) is 0 Å². The minimum atomic E-state index is -0.521. The van der Waals surface area contributed by atoms with Crippen molar-refractivity contribution >= 4 is 15.9 Å². The van der Waals surface area contributed by atoms with E-state index in [1.165, 1.54) is 26.2 Å². The molecule has 0 aliphatic carbocycles. The van der Waals surface area contributed by atoms with E-state index in [1.54, 1.807) is 0 Å². The Morgan fingerprint density at radius 1 is 0.727 bits per heavy atom. The van der Waals surface area contributed by atoms with Crippen molar-refractivity contribution < 1.29 is 0 Å². The second-order valence-corrected chi connectivity index (χ2v) is 7.09. The van der Waals surface area contributed by atoms with Gasteiger partial charge in [-0.15, -0.1) is 0 Å². The molecule has 0 spiro atoms. The fourth-order valence-corrected chi connectivity index (χ4v) is 4.00. The summed E-state index contributed by atoms with van der Waals surface area (Å²) >= 11 is -0.521. The van der Waals surface area contributed by atoms with Crippen LogP contribution in [0.3, 0.4) is 0 Å². The molecule has 0 saturated heterocycles. The Morgan fingerprint density at radius 3 is 1.18 bits per heavy atom. The van der Waals surface area contributed by atoms with Crippen molar-refractivity contribution in [2.75, 3.05) is 26.2 Å². The monoisotopic (exact) mass is 220 g/mol. The molecule has 0 aromatic rings. The Labute approximate surface area is 77.9 Å². The quantitative estimate of drug-likeness (QED) is 0.605. The molecule has 0 N–H and O–H groups in total. The van der Waals surface area contributed by atoms with Crippen molar-refractivity contribution in [1.29, 1.82) is 0 Å². The van der Waals surface area contributed by atoms with Crippen molar-refractivity contribution in [2.45, 2.75) is 27.7 Å². The van der Waals surface area contributed by atoms with Crippen LogP contribution in [0.25, 0.3) is 0 Å². The van der Waals surface area contributed by atoms with Gasteiger partial charge in [-0.1, -0.05) is 0 Å². The molecule has 0 heterocycles. The number of rotatable bonds is 6. The van der Waals surface area contributed by atoms with E-state index in [2.05, 4.69) is 35.4 Å². The van der Waals surface area contributed by atoms with Gasteiger partial charge in [-0.3, -0.25) is 0 Å². The zero-order valence-corrected chi connectivity index (χ0v) is 11.4. The third kappa shape index (κ3) is 4.82. The van der Waals surface area contributed by atoms with Gasteiger partial charge in [0, 0.05) is 0 Å². The summed E-state index contributed by atoms with van der Waals surface area (Å²) in [6.45, 7) is 14.0. The first kappa shape index (κ1) is 11.5. The van der Waals surface area contributed by atoms with Crippen LogP contribution in [0.15, 0.2) is 0 Å². The molecular formula is C8H22GeN2. The summed E-state index contributed by atoms with van der Waals surface area (Å²) in [5.41, 5.74) is 0. The number of hydrogen-bond donors (Lipinski definition) is 0. The zero-order valence-electron chi connectivity index (χ0n) is 8.43. The molecule has 0 aromatic carbocycles. The summed E-state index contributed by atoms with van der Waals surface area (Å²) in [7, 11) is 0. The van der Waals surface area contributed by atoms with Gasteiger partial charge in [-0.2, -0.15) is 0 Å². The maximum atomic E-state index is 2.62. The van der Waals surface area contributed by atoms with Gasteiger partial charge in [0.05, 0.1) is 0 Å². The average molecular weight is 219 g/mol. The second-order valence-electron chi connectivity index (χ2n) is 2.75. The molecule has 0 rings (SSSR count). The average Bonchev–Trinajstić information content (AvgIpc) is 2.07. The van der Waals surface area contributed by atoms with Gasteiger partial charge in [0.15, 0.2) is 0 Å². The van der Waals surface area contributed by atoms with E-state index in [0.29, 0.717) is 0 Å². The topological polar surface area (TPSA) is 6.48 Å². The Bertz CT molecular complexity index is 70.2. The summed E-state index contributed by atoms with van der Waals surface area (Å²) in [4.78, 5) is 0. The van der Waals surface area contributed by atoms with E-state index >= 15 is 0 Å². The van der Waals surface area contributed by atoms with Crippen LogP contribution in [0.4, 0.5) is 0 Å². The molecule has 0 aliphatic heterocycles. The molecule has 0 aromatic heterocycles. The van der Waals surface area contributed by atoms with Crippen molar-refractivity contribution in [1.82, 2.24) is 7.71 Å². The van der Waals surface area contributed by atoms with Crippen LogP contribution >= 0.6 is 0 Å². The molecule has 0 atom stereocenters. The second kappa shape index (κ2) is 7.13. The van der Waals surface area contributed by atoms with Crippen molar-refractivity contribution in [3.8, 4) is 0 Å². The third-order valence-corrected chi connectivity index (χ3v) is 7.62. The van der Waals surface area contributed by atoms with Gasteiger partial charge in [0.25, 0.3) is 0 Å². The molecule has 68 valence electrons. The Hall–Kier alpha value is 0.463. The number of hydrogen-bond acceptors (Lipinski definition) is 2. The molecule has 11 heavy (non-hydrogen) atoms. The van der Waals surface area contributed by atoms with Crippen molar-refractivity contribution in [3.63, 3.8) is 0 Å². The molecule has 0 fully saturated rings. The third-order valence-electron chi connectivity index (χ3n) is 2.19. The van der Waals surface area contributed by atoms with Gasteiger partial charge >= 0.3 is 77.5 Å². The molecule has 0 amide bonds. The standard InChI is InChI=1S/C8H22GeN2/c1-5-10(6-2)9-11(7-3)8-4/h5-9H2,1-4H3. The van der Waals surface area contributed by atoms with Gasteiger partial charge in [0.1, 0.15) is 0 Å². The molecule has 0 aliphatic rings. The van der Waals surface area contributed by atoms with Crippen molar-refractivity contribution in [2.24, 2.45) is 0 Å². The van der Waals surface area contributed by atoms with E-state index in [-0.39, 0.29) is 0 Å². The van der Waals surface area contributed by atoms with E-state index in [4.69, 9.17) is 0 Å². The molecule has 0 radical (unpaired) electrons. The SMILES string of the molecule is CC[N](CC)[GeH2][N](CC)CC. The van der Waals surface area contributed by atoms with E-state index in [0.717, 1.165) is 0 Å². The van der Waals surface area contributed by atoms with Gasteiger partial charge < -0.3 is 0 Å². The summed E-state index contributed by atoms with van der Waals surface area (Å²) < 4.78 is 5.25. The Balaban J connectivity index is 3.58. The van der Waals surface area contributed by atoms with Gasteiger partial charge in [0.2, 0.25) is 0 Å². The predicted octanol–water partition coefficient (Wildman–Crippen LogP) is 0.669. The summed E-state index contributed by atoms with van der Waals surface area (Å²) in [5.74, 6) is 0. The predicted molar refractivity (Wildman–Crippen MR) is 54.4 cm³/mol. The molecule has 2 nitrogen and oxygen atoms in total. The van der Waals surface area contributed by atoms with Gasteiger partial charge in [-0.25, -0.2) is 0 Å². The molecule has 0 saturated carbocycles. The van der Waals surface area contributed by atoms with Crippen LogP contribution in [0.2, 0.25) is 0 Å². The van der Waals surface area contributed by atoms with E-state index in [9.17, 15) is 0 Å². The van der Waals surface area contributed by atoms with Crippen LogP contribution < -0.4 is 0 Å². The number of nitrogens with zero attached hydrogens (tertiary/aromatic N) is 2. The Kier molecular flexibility index (Phi) is 7.43. The van der Waals surface area contributed by atoms with Crippen LogP contribution in [0, 0.1) is 0 Å². The first-order valence-corrected chi connectivity index (χ1v) is 7.38. The molecule has 0 bridgehead atoms. The molecule has 3 heteroatoms. The van der Waals surface area contributed by atoms with Crippen molar-refractivity contribution in [3.05, 3.63) is 0 Å². The summed E-state index contributed by atoms with van der Waals surface area (Å²) in [5, 5.41) is 0.